The molecule has 0 atom stereocenters. The number of hydrogen-bond donors (Lipinski definition) is 3. The van der Waals surface area contributed by atoms with Crippen molar-refractivity contribution in [3.8, 4) is 0 Å². The molecular formula is C13H9F2IN2O2. The molecule has 0 fully saturated rings. The lowest BCUT2D eigenvalue weighted by Gasteiger charge is -2.11. The van der Waals surface area contributed by atoms with E-state index in [1.165, 1.54) is 18.2 Å². The van der Waals surface area contributed by atoms with Crippen LogP contribution in [0.4, 0.5) is 25.8 Å². The van der Waals surface area contributed by atoms with E-state index in [0.29, 0.717) is 9.26 Å². The SMILES string of the molecule is Nc1cc(F)c(Nc2ccc(F)cc2I)cc1C(=O)O. The third kappa shape index (κ3) is 2.98. The molecule has 20 heavy (non-hydrogen) atoms. The zero-order valence-corrected chi connectivity index (χ0v) is 12.1. The molecular weight excluding hydrogens is 381 g/mol. The smallest absolute Gasteiger partial charge is 0.337 e. The first kappa shape index (κ1) is 14.5. The van der Waals surface area contributed by atoms with Gasteiger partial charge >= 0.3 is 5.97 Å². The standard InChI is InChI=1S/C13H9F2IN2O2/c14-6-1-2-11(9(16)3-6)18-12-4-7(13(19)20)10(17)5-8(12)15/h1-5,18H,17H2,(H,19,20). The fourth-order valence-corrected chi connectivity index (χ4v) is 2.22. The normalized spacial score (nSPS) is 10.3. The van der Waals surface area contributed by atoms with Crippen LogP contribution in [0.5, 0.6) is 0 Å². The van der Waals surface area contributed by atoms with Crippen LogP contribution in [0.15, 0.2) is 30.3 Å². The Morgan fingerprint density at radius 3 is 2.50 bits per heavy atom. The first-order valence-corrected chi connectivity index (χ1v) is 6.50. The highest BCUT2D eigenvalue weighted by atomic mass is 127. The number of nitrogen functional groups attached to an aromatic ring is 1. The number of nitrogens with one attached hydrogen (secondary N) is 1. The number of nitrogens with two attached hydrogens (primary N) is 1. The lowest BCUT2D eigenvalue weighted by Crippen LogP contribution is -2.05. The molecule has 2 aromatic carbocycles. The van der Waals surface area contributed by atoms with Crippen molar-refractivity contribution in [1.82, 2.24) is 0 Å². The van der Waals surface area contributed by atoms with E-state index in [2.05, 4.69) is 5.32 Å². The zero-order chi connectivity index (χ0) is 14.9. The zero-order valence-electron chi connectivity index (χ0n) is 9.95. The van der Waals surface area contributed by atoms with Crippen LogP contribution in [-0.4, -0.2) is 11.1 Å². The third-order valence-electron chi connectivity index (χ3n) is 2.57. The van der Waals surface area contributed by atoms with Crippen molar-refractivity contribution in [1.29, 1.82) is 0 Å². The Morgan fingerprint density at radius 2 is 1.90 bits per heavy atom. The van der Waals surface area contributed by atoms with Gasteiger partial charge in [0.25, 0.3) is 0 Å². The van der Waals surface area contributed by atoms with Gasteiger partial charge in [-0.3, -0.25) is 0 Å². The molecule has 2 aromatic rings. The van der Waals surface area contributed by atoms with E-state index in [1.54, 1.807) is 0 Å². The molecule has 0 aliphatic rings. The molecule has 0 amide bonds. The van der Waals surface area contributed by atoms with Crippen molar-refractivity contribution in [3.63, 3.8) is 0 Å². The summed E-state index contributed by atoms with van der Waals surface area (Å²) >= 11 is 1.89. The van der Waals surface area contributed by atoms with E-state index in [0.717, 1.165) is 12.1 Å². The van der Waals surface area contributed by atoms with Crippen LogP contribution < -0.4 is 11.1 Å². The second kappa shape index (κ2) is 5.61. The highest BCUT2D eigenvalue weighted by Gasteiger charge is 2.14. The predicted molar refractivity (Wildman–Crippen MR) is 80.2 cm³/mol. The van der Waals surface area contributed by atoms with Crippen LogP contribution in [0.2, 0.25) is 0 Å². The number of rotatable bonds is 3. The van der Waals surface area contributed by atoms with Gasteiger partial charge in [0.05, 0.1) is 16.9 Å². The maximum Gasteiger partial charge on any atom is 0.337 e. The number of aromatic carboxylic acids is 1. The Kier molecular flexibility index (Phi) is 4.07. The molecule has 0 saturated carbocycles. The van der Waals surface area contributed by atoms with Gasteiger partial charge in [0, 0.05) is 9.26 Å². The summed E-state index contributed by atoms with van der Waals surface area (Å²) in [6, 6.07) is 5.97. The summed E-state index contributed by atoms with van der Waals surface area (Å²) < 4.78 is 27.3. The Balaban J connectivity index is 2.43. The minimum absolute atomic E-state index is 0.0406. The maximum absolute atomic E-state index is 13.8. The molecule has 7 heteroatoms. The number of hydrogen-bond acceptors (Lipinski definition) is 3. The lowest BCUT2D eigenvalue weighted by atomic mass is 10.1. The minimum atomic E-state index is -1.25. The molecule has 0 aliphatic carbocycles. The first-order valence-electron chi connectivity index (χ1n) is 5.43. The summed E-state index contributed by atoms with van der Waals surface area (Å²) in [6.07, 6.45) is 0. The van der Waals surface area contributed by atoms with Crippen LogP contribution in [0.1, 0.15) is 10.4 Å². The number of anilines is 3. The number of carboxylic acid groups (broad SMARTS) is 1. The van der Waals surface area contributed by atoms with Crippen molar-refractivity contribution in [3.05, 3.63) is 51.1 Å². The second-order valence-corrected chi connectivity index (χ2v) is 5.14. The van der Waals surface area contributed by atoms with Gasteiger partial charge in [-0.25, -0.2) is 13.6 Å². The molecule has 4 nitrogen and oxygen atoms in total. The van der Waals surface area contributed by atoms with Crippen molar-refractivity contribution < 1.29 is 18.7 Å². The van der Waals surface area contributed by atoms with Gasteiger partial charge in [-0.2, -0.15) is 0 Å². The summed E-state index contributed by atoms with van der Waals surface area (Å²) in [6.45, 7) is 0. The van der Waals surface area contributed by atoms with Crippen molar-refractivity contribution in [2.24, 2.45) is 0 Å². The van der Waals surface area contributed by atoms with E-state index >= 15 is 0 Å². The lowest BCUT2D eigenvalue weighted by molar-refractivity contribution is 0.0698. The van der Waals surface area contributed by atoms with Crippen LogP contribution in [-0.2, 0) is 0 Å². The quantitative estimate of drug-likeness (QED) is 0.553. The molecule has 0 bridgehead atoms. The molecule has 0 heterocycles. The van der Waals surface area contributed by atoms with E-state index in [9.17, 15) is 13.6 Å². The maximum atomic E-state index is 13.8. The van der Waals surface area contributed by atoms with Gasteiger partial charge in [-0.1, -0.05) is 0 Å². The molecule has 4 N–H and O–H groups in total. The summed E-state index contributed by atoms with van der Waals surface area (Å²) in [7, 11) is 0. The molecule has 0 spiro atoms. The molecule has 0 saturated heterocycles. The van der Waals surface area contributed by atoms with Gasteiger partial charge in [-0.05, 0) is 52.9 Å². The topological polar surface area (TPSA) is 75.3 Å². The molecule has 0 aromatic heterocycles. The summed E-state index contributed by atoms with van der Waals surface area (Å²) in [4.78, 5) is 11.0. The Morgan fingerprint density at radius 1 is 1.20 bits per heavy atom. The highest BCUT2D eigenvalue weighted by Crippen LogP contribution is 2.28. The van der Waals surface area contributed by atoms with Crippen molar-refractivity contribution >= 4 is 45.6 Å². The highest BCUT2D eigenvalue weighted by molar-refractivity contribution is 14.1. The van der Waals surface area contributed by atoms with E-state index in [1.807, 2.05) is 22.6 Å². The van der Waals surface area contributed by atoms with Crippen LogP contribution in [0.25, 0.3) is 0 Å². The largest absolute Gasteiger partial charge is 0.478 e. The predicted octanol–water partition coefficient (Wildman–Crippen LogP) is 3.59. The van der Waals surface area contributed by atoms with Crippen molar-refractivity contribution in [2.45, 2.75) is 0 Å². The monoisotopic (exact) mass is 390 g/mol. The minimum Gasteiger partial charge on any atom is -0.478 e. The van der Waals surface area contributed by atoms with E-state index < -0.39 is 17.6 Å². The average molecular weight is 390 g/mol. The van der Waals surface area contributed by atoms with Gasteiger partial charge in [0.1, 0.15) is 11.6 Å². The summed E-state index contributed by atoms with van der Waals surface area (Å²) in [5.74, 6) is -2.35. The van der Waals surface area contributed by atoms with Crippen LogP contribution >= 0.6 is 22.6 Å². The van der Waals surface area contributed by atoms with Gasteiger partial charge in [-0.15, -0.1) is 0 Å². The first-order chi connectivity index (χ1) is 9.38. The van der Waals surface area contributed by atoms with Gasteiger partial charge in [0.2, 0.25) is 0 Å². The molecule has 0 unspecified atom stereocenters. The Labute approximate surface area is 126 Å². The molecule has 0 aliphatic heterocycles. The fraction of sp³-hybridized carbons (Fsp3) is 0. The molecule has 104 valence electrons. The summed E-state index contributed by atoms with van der Waals surface area (Å²) in [5, 5.41) is 11.7. The van der Waals surface area contributed by atoms with Crippen molar-refractivity contribution in [2.75, 3.05) is 11.1 Å². The van der Waals surface area contributed by atoms with Gasteiger partial charge < -0.3 is 16.2 Å². The number of benzene rings is 2. The van der Waals surface area contributed by atoms with E-state index in [4.69, 9.17) is 10.8 Å². The Bertz CT molecular complexity index is 692. The average Bonchev–Trinajstić information content (AvgIpc) is 2.35. The number of carbonyl (C=O) groups is 1. The number of carboxylic acids is 1. The second-order valence-electron chi connectivity index (χ2n) is 3.97. The van der Waals surface area contributed by atoms with Crippen LogP contribution in [0, 0.1) is 15.2 Å². The fourth-order valence-electron chi connectivity index (χ4n) is 1.61. The van der Waals surface area contributed by atoms with Gasteiger partial charge in [0.15, 0.2) is 0 Å². The summed E-state index contributed by atoms with van der Waals surface area (Å²) in [5.41, 5.74) is 5.50. The molecule has 0 radical (unpaired) electrons. The van der Waals surface area contributed by atoms with Crippen LogP contribution in [0.3, 0.4) is 0 Å². The van der Waals surface area contributed by atoms with E-state index in [-0.39, 0.29) is 16.9 Å². The number of halogens is 3. The molecule has 2 rings (SSSR count). The third-order valence-corrected chi connectivity index (χ3v) is 3.46. The Hall–Kier alpha value is -1.90.